The number of benzene rings is 2. The monoisotopic (exact) mass is 558 g/mol. The largest absolute Gasteiger partial charge is 0.508 e. The van der Waals surface area contributed by atoms with Crippen molar-refractivity contribution in [1.82, 2.24) is 0 Å². The van der Waals surface area contributed by atoms with Crippen molar-refractivity contribution in [3.05, 3.63) is 71.8 Å². The van der Waals surface area contributed by atoms with Crippen LogP contribution in [0.1, 0.15) is 68.9 Å². The molecule has 0 bridgehead atoms. The second-order valence-electron chi connectivity index (χ2n) is 9.58. The number of rotatable bonds is 19. The summed E-state index contributed by atoms with van der Waals surface area (Å²) in [6.45, 7) is -1.16. The minimum absolute atomic E-state index is 0.0332. The summed E-state index contributed by atoms with van der Waals surface area (Å²) in [5, 5.41) is 18.8. The number of unbranched alkanes of at least 4 members (excludes halogenated alkanes) is 6. The van der Waals surface area contributed by atoms with Gasteiger partial charge in [-0.2, -0.15) is 0 Å². The third-order valence-electron chi connectivity index (χ3n) is 6.33. The molecule has 0 amide bonds. The Morgan fingerprint density at radius 1 is 0.575 bits per heavy atom. The highest BCUT2D eigenvalue weighted by atomic mass is 16.7. The first-order valence-electron chi connectivity index (χ1n) is 13.4. The molecule has 0 spiro atoms. The molecule has 0 aliphatic heterocycles. The van der Waals surface area contributed by atoms with Crippen LogP contribution in [-0.2, 0) is 41.8 Å². The van der Waals surface area contributed by atoms with E-state index in [9.17, 15) is 24.3 Å². The first-order valence-corrected chi connectivity index (χ1v) is 13.4. The molecule has 0 heterocycles. The van der Waals surface area contributed by atoms with Gasteiger partial charge in [-0.15, -0.1) is 0 Å². The maximum absolute atomic E-state index is 12.4. The van der Waals surface area contributed by atoms with Crippen LogP contribution in [0.25, 0.3) is 0 Å². The molecule has 0 unspecified atom stereocenters. The molecule has 10 heteroatoms. The van der Waals surface area contributed by atoms with E-state index in [0.29, 0.717) is 19.3 Å². The van der Waals surface area contributed by atoms with Crippen LogP contribution < -0.4 is 0 Å². The van der Waals surface area contributed by atoms with Gasteiger partial charge in [0.1, 0.15) is 31.8 Å². The van der Waals surface area contributed by atoms with Crippen LogP contribution in [0.2, 0.25) is 0 Å². The Morgan fingerprint density at radius 2 is 1.00 bits per heavy atom. The van der Waals surface area contributed by atoms with Crippen molar-refractivity contribution in [2.75, 3.05) is 13.2 Å². The number of hydrogen-bond donors (Lipinski definition) is 2. The van der Waals surface area contributed by atoms with Gasteiger partial charge >= 0.3 is 24.2 Å². The Morgan fingerprint density at radius 3 is 1.43 bits per heavy atom. The molecule has 0 fully saturated rings. The first kappa shape index (κ1) is 32.1. The number of ether oxygens (including phenoxy) is 4. The van der Waals surface area contributed by atoms with Crippen LogP contribution >= 0.6 is 0 Å². The van der Waals surface area contributed by atoms with E-state index in [4.69, 9.17) is 24.1 Å². The van der Waals surface area contributed by atoms with Gasteiger partial charge in [0.05, 0.1) is 0 Å². The van der Waals surface area contributed by atoms with Gasteiger partial charge in [-0.3, -0.25) is 9.59 Å². The van der Waals surface area contributed by atoms with E-state index in [2.05, 4.69) is 0 Å². The Kier molecular flexibility index (Phi) is 14.7. The third-order valence-corrected chi connectivity index (χ3v) is 6.33. The zero-order valence-electron chi connectivity index (χ0n) is 22.6. The lowest BCUT2D eigenvalue weighted by atomic mass is 9.84. The number of carboxylic acid groups (broad SMARTS) is 2. The Balaban J connectivity index is 1.89. The Hall–Kier alpha value is -4.08. The number of carbonyl (C=O) groups is 4. The van der Waals surface area contributed by atoms with E-state index >= 15 is 0 Å². The summed E-state index contributed by atoms with van der Waals surface area (Å²) in [5.41, 5.74) is -0.188. The van der Waals surface area contributed by atoms with Gasteiger partial charge in [-0.1, -0.05) is 99.2 Å². The molecule has 40 heavy (non-hydrogen) atoms. The quantitative estimate of drug-likeness (QED) is 0.147. The zero-order chi connectivity index (χ0) is 29.1. The Bertz CT molecular complexity index is 979. The van der Waals surface area contributed by atoms with Crippen LogP contribution in [0.4, 0.5) is 9.59 Å². The molecular weight excluding hydrogens is 520 g/mol. The lowest BCUT2D eigenvalue weighted by Gasteiger charge is -2.28. The van der Waals surface area contributed by atoms with Gasteiger partial charge in [0.15, 0.2) is 0 Å². The molecule has 2 aromatic carbocycles. The summed E-state index contributed by atoms with van der Waals surface area (Å²) >= 11 is 0. The fourth-order valence-corrected chi connectivity index (χ4v) is 3.95. The van der Waals surface area contributed by atoms with Crippen molar-refractivity contribution < 1.29 is 48.3 Å². The van der Waals surface area contributed by atoms with Crippen molar-refractivity contribution in [3.8, 4) is 0 Å². The van der Waals surface area contributed by atoms with E-state index in [1.807, 2.05) is 12.1 Å². The first-order chi connectivity index (χ1) is 19.3. The number of carbonyl (C=O) groups excluding carboxylic acids is 2. The van der Waals surface area contributed by atoms with E-state index in [0.717, 1.165) is 36.8 Å². The molecule has 10 nitrogen and oxygen atoms in total. The van der Waals surface area contributed by atoms with E-state index in [1.54, 1.807) is 48.5 Å². The van der Waals surface area contributed by atoms with Crippen LogP contribution in [0.5, 0.6) is 0 Å². The van der Waals surface area contributed by atoms with Crippen LogP contribution in [0.15, 0.2) is 60.7 Å². The molecule has 2 rings (SSSR count). The normalized spacial score (nSPS) is 10.9. The molecular formula is C30H38O10. The van der Waals surface area contributed by atoms with Gasteiger partial charge in [0.25, 0.3) is 0 Å². The molecule has 0 saturated heterocycles. The second kappa shape index (κ2) is 18.3. The van der Waals surface area contributed by atoms with Crippen LogP contribution in [0.3, 0.4) is 0 Å². The van der Waals surface area contributed by atoms with Gasteiger partial charge in [0.2, 0.25) is 0 Å². The van der Waals surface area contributed by atoms with Crippen molar-refractivity contribution in [3.63, 3.8) is 0 Å². The minimum Gasteiger partial charge on any atom is -0.481 e. The Labute approximate surface area is 234 Å². The van der Waals surface area contributed by atoms with Crippen molar-refractivity contribution >= 4 is 24.2 Å². The number of hydrogen-bond acceptors (Lipinski definition) is 8. The topological polar surface area (TPSA) is 146 Å². The summed E-state index contributed by atoms with van der Waals surface area (Å²) in [6.07, 6.45) is 3.48. The van der Waals surface area contributed by atoms with Gasteiger partial charge in [-0.25, -0.2) is 9.59 Å². The lowest BCUT2D eigenvalue weighted by Crippen LogP contribution is -2.42. The molecule has 0 saturated carbocycles. The van der Waals surface area contributed by atoms with Crippen molar-refractivity contribution in [2.24, 2.45) is 5.41 Å². The maximum atomic E-state index is 12.4. The van der Waals surface area contributed by atoms with E-state index in [-0.39, 0.29) is 26.1 Å². The highest BCUT2D eigenvalue weighted by molar-refractivity contribution is 5.76. The maximum Gasteiger partial charge on any atom is 0.508 e. The van der Waals surface area contributed by atoms with Crippen molar-refractivity contribution in [1.29, 1.82) is 0 Å². The lowest BCUT2D eigenvalue weighted by molar-refractivity contribution is -0.156. The predicted octanol–water partition coefficient (Wildman–Crippen LogP) is 6.36. The number of aliphatic carboxylic acids is 2. The number of carboxylic acids is 2. The molecule has 0 radical (unpaired) electrons. The molecule has 0 atom stereocenters. The summed E-state index contributed by atoms with van der Waals surface area (Å²) in [7, 11) is 0. The van der Waals surface area contributed by atoms with Crippen LogP contribution in [-0.4, -0.2) is 47.7 Å². The SMILES string of the molecule is O=C(O)CCCCCCCCCC(COC(=O)OCc1ccccc1)(COC(=O)OCc1ccccc1)C(=O)O. The molecule has 218 valence electrons. The highest BCUT2D eigenvalue weighted by Gasteiger charge is 2.42. The van der Waals surface area contributed by atoms with E-state index in [1.165, 1.54) is 0 Å². The second-order valence-corrected chi connectivity index (χ2v) is 9.58. The fraction of sp³-hybridized carbons (Fsp3) is 0.467. The summed E-state index contributed by atoms with van der Waals surface area (Å²) in [6, 6.07) is 17.9. The molecule has 0 aromatic heterocycles. The molecule has 2 aromatic rings. The fourth-order valence-electron chi connectivity index (χ4n) is 3.95. The van der Waals surface area contributed by atoms with Gasteiger partial charge in [-0.05, 0) is 24.0 Å². The smallest absolute Gasteiger partial charge is 0.481 e. The summed E-state index contributed by atoms with van der Waals surface area (Å²) in [4.78, 5) is 47.4. The zero-order valence-corrected chi connectivity index (χ0v) is 22.6. The predicted molar refractivity (Wildman–Crippen MR) is 144 cm³/mol. The third kappa shape index (κ3) is 13.1. The van der Waals surface area contributed by atoms with E-state index < -0.39 is 42.9 Å². The summed E-state index contributed by atoms with van der Waals surface area (Å²) < 4.78 is 20.5. The molecule has 0 aliphatic carbocycles. The highest BCUT2D eigenvalue weighted by Crippen LogP contribution is 2.28. The average Bonchev–Trinajstić information content (AvgIpc) is 2.96. The molecule has 2 N–H and O–H groups in total. The average molecular weight is 559 g/mol. The van der Waals surface area contributed by atoms with Crippen molar-refractivity contribution in [2.45, 2.75) is 71.0 Å². The minimum atomic E-state index is -1.68. The van der Waals surface area contributed by atoms with Gasteiger partial charge in [0, 0.05) is 6.42 Å². The standard InChI is InChI=1S/C30H38O10/c31-26(32)18-12-4-2-1-3-5-13-19-30(27(33)34,22-39-28(35)37-20-24-14-8-6-9-15-24)23-40-29(36)38-21-25-16-10-7-11-17-25/h6-11,14-17H,1-5,12-13,18-23H2,(H,31,32)(H,33,34). The summed E-state index contributed by atoms with van der Waals surface area (Å²) in [5.74, 6) is -2.07. The molecule has 0 aliphatic rings. The van der Waals surface area contributed by atoms with Gasteiger partial charge < -0.3 is 29.2 Å². The van der Waals surface area contributed by atoms with Crippen LogP contribution in [0, 0.1) is 5.41 Å².